The lowest BCUT2D eigenvalue weighted by Gasteiger charge is -2.11. The first-order chi connectivity index (χ1) is 12.7. The van der Waals surface area contributed by atoms with Crippen LogP contribution in [0.4, 0.5) is 5.95 Å². The van der Waals surface area contributed by atoms with Crippen LogP contribution in [0.1, 0.15) is 15.9 Å². The van der Waals surface area contributed by atoms with Crippen LogP contribution in [0.25, 0.3) is 11.0 Å². The van der Waals surface area contributed by atoms with Crippen molar-refractivity contribution in [3.8, 4) is 0 Å². The van der Waals surface area contributed by atoms with Gasteiger partial charge in [-0.05, 0) is 52.4 Å². The number of amides is 1. The Morgan fingerprint density at radius 2 is 1.62 bits per heavy atom. The summed E-state index contributed by atoms with van der Waals surface area (Å²) < 4.78 is 2.95. The number of hydrogen-bond acceptors (Lipinski definition) is 2. The second kappa shape index (κ2) is 7.29. The van der Waals surface area contributed by atoms with Gasteiger partial charge >= 0.3 is 0 Å². The molecule has 0 spiro atoms. The first-order valence-corrected chi connectivity index (χ1v) is 9.35. The highest BCUT2D eigenvalue weighted by Gasteiger charge is 2.16. The number of imidazole rings is 1. The fourth-order valence-corrected chi connectivity index (χ4v) is 3.54. The molecule has 0 atom stereocenters. The van der Waals surface area contributed by atoms with Crippen molar-refractivity contribution in [3.63, 3.8) is 0 Å². The Kier molecular flexibility index (Phi) is 4.71. The Labute approximate surface area is 165 Å². The molecule has 0 saturated carbocycles. The third-order valence-electron chi connectivity index (χ3n) is 4.18. The van der Waals surface area contributed by atoms with Gasteiger partial charge in [0.2, 0.25) is 5.95 Å². The molecule has 0 aliphatic carbocycles. The van der Waals surface area contributed by atoms with E-state index in [0.29, 0.717) is 18.1 Å². The van der Waals surface area contributed by atoms with E-state index < -0.39 is 0 Å². The molecule has 1 heterocycles. The summed E-state index contributed by atoms with van der Waals surface area (Å²) in [5, 5.41) is 2.99. The zero-order chi connectivity index (χ0) is 17.9. The number of halogens is 1. The number of para-hydroxylation sites is 2. The van der Waals surface area contributed by atoms with Crippen LogP contribution in [0.3, 0.4) is 0 Å². The molecule has 4 aromatic rings. The van der Waals surface area contributed by atoms with Crippen molar-refractivity contribution in [2.24, 2.45) is 0 Å². The summed E-state index contributed by atoms with van der Waals surface area (Å²) in [7, 11) is 0. The molecular formula is C21H16IN3O. The maximum Gasteiger partial charge on any atom is 0.259 e. The highest BCUT2D eigenvalue weighted by Crippen LogP contribution is 2.22. The predicted molar refractivity (Wildman–Crippen MR) is 112 cm³/mol. The number of nitrogens with one attached hydrogen (secondary N) is 1. The first kappa shape index (κ1) is 16.8. The lowest BCUT2D eigenvalue weighted by Crippen LogP contribution is -2.17. The number of benzene rings is 3. The van der Waals surface area contributed by atoms with E-state index in [1.54, 1.807) is 0 Å². The Balaban J connectivity index is 1.73. The van der Waals surface area contributed by atoms with Crippen LogP contribution < -0.4 is 5.32 Å². The third kappa shape index (κ3) is 3.35. The third-order valence-corrected chi connectivity index (χ3v) is 5.12. The van der Waals surface area contributed by atoms with Gasteiger partial charge in [0.25, 0.3) is 5.91 Å². The molecule has 0 radical (unpaired) electrons. The quantitative estimate of drug-likeness (QED) is 0.445. The largest absolute Gasteiger partial charge is 0.305 e. The summed E-state index contributed by atoms with van der Waals surface area (Å²) in [6.45, 7) is 0.642. The molecule has 0 saturated heterocycles. The smallest absolute Gasteiger partial charge is 0.259 e. The summed E-state index contributed by atoms with van der Waals surface area (Å²) in [5.41, 5.74) is 3.66. The molecule has 0 aliphatic heterocycles. The number of hydrogen-bond donors (Lipinski definition) is 1. The molecule has 26 heavy (non-hydrogen) atoms. The number of carbonyl (C=O) groups excluding carboxylic acids is 1. The van der Waals surface area contributed by atoms with Crippen molar-refractivity contribution < 1.29 is 4.79 Å². The van der Waals surface area contributed by atoms with Crippen molar-refractivity contribution in [2.45, 2.75) is 6.54 Å². The summed E-state index contributed by atoms with van der Waals surface area (Å²) in [5.74, 6) is 0.402. The fourth-order valence-electron chi connectivity index (χ4n) is 2.91. The zero-order valence-electron chi connectivity index (χ0n) is 13.9. The van der Waals surface area contributed by atoms with E-state index >= 15 is 0 Å². The number of aromatic nitrogens is 2. The SMILES string of the molecule is O=C(Nc1nc2ccccc2n1Cc1ccccc1)c1ccccc1I. The van der Waals surface area contributed by atoms with Gasteiger partial charge in [0.1, 0.15) is 0 Å². The highest BCUT2D eigenvalue weighted by molar-refractivity contribution is 14.1. The summed E-state index contributed by atoms with van der Waals surface area (Å²) >= 11 is 2.17. The Hall–Kier alpha value is -2.67. The maximum atomic E-state index is 12.7. The van der Waals surface area contributed by atoms with E-state index in [0.717, 1.165) is 20.2 Å². The standard InChI is InChI=1S/C21H16IN3O/c22-17-11-5-4-10-16(17)20(26)24-21-23-18-12-6-7-13-19(18)25(21)14-15-8-2-1-3-9-15/h1-13H,14H2,(H,23,24,26). The molecule has 0 unspecified atom stereocenters. The van der Waals surface area contributed by atoms with Gasteiger partial charge in [0.05, 0.1) is 23.1 Å². The summed E-state index contributed by atoms with van der Waals surface area (Å²) in [4.78, 5) is 17.4. The molecule has 1 amide bonds. The summed E-state index contributed by atoms with van der Waals surface area (Å²) in [6, 6.07) is 25.6. The topological polar surface area (TPSA) is 46.9 Å². The van der Waals surface area contributed by atoms with E-state index in [2.05, 4.69) is 45.0 Å². The Morgan fingerprint density at radius 1 is 0.923 bits per heavy atom. The lowest BCUT2D eigenvalue weighted by molar-refractivity contribution is 0.102. The van der Waals surface area contributed by atoms with Gasteiger partial charge in [-0.3, -0.25) is 10.1 Å². The van der Waals surface area contributed by atoms with Gasteiger partial charge in [-0.15, -0.1) is 0 Å². The first-order valence-electron chi connectivity index (χ1n) is 8.27. The van der Waals surface area contributed by atoms with Crippen molar-refractivity contribution in [3.05, 3.63) is 93.6 Å². The van der Waals surface area contributed by atoms with Crippen LogP contribution >= 0.6 is 22.6 Å². The van der Waals surface area contributed by atoms with Gasteiger partial charge < -0.3 is 4.57 Å². The number of fused-ring (bicyclic) bond motifs is 1. The lowest BCUT2D eigenvalue weighted by atomic mass is 10.2. The van der Waals surface area contributed by atoms with Crippen molar-refractivity contribution in [2.75, 3.05) is 5.32 Å². The van der Waals surface area contributed by atoms with Gasteiger partial charge in [-0.1, -0.05) is 54.6 Å². The zero-order valence-corrected chi connectivity index (χ0v) is 16.1. The second-order valence-electron chi connectivity index (χ2n) is 5.93. The van der Waals surface area contributed by atoms with Gasteiger partial charge in [-0.2, -0.15) is 0 Å². The van der Waals surface area contributed by atoms with Crippen LogP contribution in [0.15, 0.2) is 78.9 Å². The average Bonchev–Trinajstić information content (AvgIpc) is 3.00. The van der Waals surface area contributed by atoms with Crippen molar-refractivity contribution in [1.82, 2.24) is 9.55 Å². The van der Waals surface area contributed by atoms with Crippen molar-refractivity contribution in [1.29, 1.82) is 0 Å². The second-order valence-corrected chi connectivity index (χ2v) is 7.09. The Bertz CT molecular complexity index is 1070. The fraction of sp³-hybridized carbons (Fsp3) is 0.0476. The number of nitrogens with zero attached hydrogens (tertiary/aromatic N) is 2. The molecular weight excluding hydrogens is 437 g/mol. The van der Waals surface area contributed by atoms with Crippen LogP contribution in [-0.4, -0.2) is 15.5 Å². The van der Waals surface area contributed by atoms with Crippen LogP contribution in [0.5, 0.6) is 0 Å². The predicted octanol–water partition coefficient (Wildman–Crippen LogP) is 4.94. The van der Waals surface area contributed by atoms with E-state index in [4.69, 9.17) is 0 Å². The number of carbonyl (C=O) groups is 1. The molecule has 0 bridgehead atoms. The van der Waals surface area contributed by atoms with E-state index in [9.17, 15) is 4.79 Å². The molecule has 4 nitrogen and oxygen atoms in total. The molecule has 128 valence electrons. The van der Waals surface area contributed by atoms with Gasteiger partial charge in [-0.25, -0.2) is 4.98 Å². The highest BCUT2D eigenvalue weighted by atomic mass is 127. The van der Waals surface area contributed by atoms with Crippen LogP contribution in [-0.2, 0) is 6.54 Å². The van der Waals surface area contributed by atoms with Gasteiger partial charge in [0.15, 0.2) is 0 Å². The van der Waals surface area contributed by atoms with Crippen molar-refractivity contribution >= 4 is 45.5 Å². The molecule has 0 aliphatic rings. The molecule has 3 aromatic carbocycles. The van der Waals surface area contributed by atoms with Gasteiger partial charge in [0, 0.05) is 3.57 Å². The minimum absolute atomic E-state index is 0.153. The molecule has 1 aromatic heterocycles. The minimum Gasteiger partial charge on any atom is -0.305 e. The normalized spacial score (nSPS) is 10.8. The van der Waals surface area contributed by atoms with E-state index in [1.165, 1.54) is 0 Å². The maximum absolute atomic E-state index is 12.7. The summed E-state index contributed by atoms with van der Waals surface area (Å²) in [6.07, 6.45) is 0. The van der Waals surface area contributed by atoms with Crippen LogP contribution in [0, 0.1) is 3.57 Å². The van der Waals surface area contributed by atoms with E-state index in [1.807, 2.05) is 71.3 Å². The Morgan fingerprint density at radius 3 is 2.42 bits per heavy atom. The monoisotopic (exact) mass is 453 g/mol. The molecule has 4 rings (SSSR count). The molecule has 5 heteroatoms. The number of anilines is 1. The van der Waals surface area contributed by atoms with E-state index in [-0.39, 0.29) is 5.91 Å². The molecule has 1 N–H and O–H groups in total. The molecule has 0 fully saturated rings. The van der Waals surface area contributed by atoms with Crippen LogP contribution in [0.2, 0.25) is 0 Å². The number of rotatable bonds is 4. The minimum atomic E-state index is -0.153. The average molecular weight is 453 g/mol.